The van der Waals surface area contributed by atoms with Crippen molar-refractivity contribution < 1.29 is 18.0 Å². The Hall–Kier alpha value is -2.51. The minimum Gasteiger partial charge on any atom is -0.268 e. The van der Waals surface area contributed by atoms with Crippen molar-refractivity contribution in [2.24, 2.45) is 0 Å². The van der Waals surface area contributed by atoms with E-state index in [0.717, 1.165) is 4.90 Å². The molecule has 1 N–H and O–H groups in total. The molecular formula is C18H18N2O4S. The van der Waals surface area contributed by atoms with Crippen LogP contribution in [-0.2, 0) is 10.0 Å². The lowest BCUT2D eigenvalue weighted by Gasteiger charge is -2.21. The van der Waals surface area contributed by atoms with Crippen LogP contribution in [-0.4, -0.2) is 25.8 Å². The van der Waals surface area contributed by atoms with Crippen LogP contribution in [0.15, 0.2) is 53.4 Å². The van der Waals surface area contributed by atoms with Gasteiger partial charge < -0.3 is 0 Å². The van der Waals surface area contributed by atoms with Gasteiger partial charge in [0.05, 0.1) is 21.7 Å². The van der Waals surface area contributed by atoms with Crippen molar-refractivity contribution in [3.8, 4) is 0 Å². The first-order valence-corrected chi connectivity index (χ1v) is 9.20. The number of carbonyl (C=O) groups excluding carboxylic acids is 2. The van der Waals surface area contributed by atoms with Gasteiger partial charge in [0.15, 0.2) is 0 Å². The predicted molar refractivity (Wildman–Crippen MR) is 94.1 cm³/mol. The zero-order chi connectivity index (χ0) is 18.4. The van der Waals surface area contributed by atoms with Crippen LogP contribution in [0.4, 0.5) is 5.69 Å². The molecule has 2 aromatic carbocycles. The Morgan fingerprint density at radius 3 is 1.96 bits per heavy atom. The lowest BCUT2D eigenvalue weighted by Crippen LogP contribution is -2.40. The largest absolute Gasteiger partial charge is 0.268 e. The summed E-state index contributed by atoms with van der Waals surface area (Å²) in [5.41, 5.74) is 0.204. The summed E-state index contributed by atoms with van der Waals surface area (Å²) in [5, 5.41) is 0. The van der Waals surface area contributed by atoms with Crippen molar-refractivity contribution in [2.75, 3.05) is 4.90 Å². The molecule has 0 bridgehead atoms. The van der Waals surface area contributed by atoms with Gasteiger partial charge >= 0.3 is 0 Å². The quantitative estimate of drug-likeness (QED) is 0.855. The SMILES string of the molecule is CC(C)(C)NS(=O)(=O)c1cccc(N2C(=O)c3ccccc3C2=O)c1. The highest BCUT2D eigenvalue weighted by molar-refractivity contribution is 7.89. The second-order valence-corrected chi connectivity index (χ2v) is 8.53. The first-order chi connectivity index (χ1) is 11.6. The number of imide groups is 1. The van der Waals surface area contributed by atoms with E-state index in [9.17, 15) is 18.0 Å². The number of nitrogens with one attached hydrogen (secondary N) is 1. The lowest BCUT2D eigenvalue weighted by molar-refractivity contribution is 0.0926. The molecule has 25 heavy (non-hydrogen) atoms. The van der Waals surface area contributed by atoms with Gasteiger partial charge in [0, 0.05) is 5.54 Å². The second kappa shape index (κ2) is 5.79. The fraction of sp³-hybridized carbons (Fsp3) is 0.222. The minimum atomic E-state index is -3.77. The van der Waals surface area contributed by atoms with Crippen LogP contribution in [0.3, 0.4) is 0 Å². The molecule has 0 radical (unpaired) electrons. The highest BCUT2D eigenvalue weighted by Crippen LogP contribution is 2.29. The van der Waals surface area contributed by atoms with E-state index in [1.807, 2.05) is 0 Å². The van der Waals surface area contributed by atoms with Gasteiger partial charge in [-0.3, -0.25) is 9.59 Å². The number of carbonyl (C=O) groups is 2. The van der Waals surface area contributed by atoms with Gasteiger partial charge in [-0.1, -0.05) is 18.2 Å². The number of fused-ring (bicyclic) bond motifs is 1. The number of rotatable bonds is 3. The molecule has 1 heterocycles. The first-order valence-electron chi connectivity index (χ1n) is 7.72. The molecule has 7 heteroatoms. The van der Waals surface area contributed by atoms with E-state index in [0.29, 0.717) is 11.1 Å². The second-order valence-electron chi connectivity index (χ2n) is 6.84. The van der Waals surface area contributed by atoms with Crippen LogP contribution in [0.25, 0.3) is 0 Å². The molecule has 2 amide bonds. The van der Waals surface area contributed by atoms with E-state index in [4.69, 9.17) is 0 Å². The van der Waals surface area contributed by atoms with Gasteiger partial charge in [-0.25, -0.2) is 18.0 Å². The average molecular weight is 358 g/mol. The predicted octanol–water partition coefficient (Wildman–Crippen LogP) is 2.56. The summed E-state index contributed by atoms with van der Waals surface area (Å²) < 4.78 is 27.5. The molecule has 0 saturated heterocycles. The number of hydrogen-bond donors (Lipinski definition) is 1. The summed E-state index contributed by atoms with van der Waals surface area (Å²) in [5.74, 6) is -0.919. The van der Waals surface area contributed by atoms with Gasteiger partial charge in [0.25, 0.3) is 11.8 Å². The molecule has 1 aliphatic heterocycles. The van der Waals surface area contributed by atoms with Crippen molar-refractivity contribution in [1.82, 2.24) is 4.72 Å². The van der Waals surface area contributed by atoms with Gasteiger partial charge in [-0.2, -0.15) is 0 Å². The molecule has 3 rings (SSSR count). The van der Waals surface area contributed by atoms with Crippen molar-refractivity contribution in [1.29, 1.82) is 0 Å². The zero-order valence-electron chi connectivity index (χ0n) is 14.1. The molecule has 0 aliphatic carbocycles. The number of amides is 2. The Bertz CT molecular complexity index is 940. The van der Waals surface area contributed by atoms with E-state index >= 15 is 0 Å². The van der Waals surface area contributed by atoms with Crippen LogP contribution in [0, 0.1) is 0 Å². The third kappa shape index (κ3) is 3.20. The number of sulfonamides is 1. The van der Waals surface area contributed by atoms with E-state index < -0.39 is 27.4 Å². The van der Waals surface area contributed by atoms with E-state index in [2.05, 4.69) is 4.72 Å². The summed E-state index contributed by atoms with van der Waals surface area (Å²) in [6.45, 7) is 5.20. The summed E-state index contributed by atoms with van der Waals surface area (Å²) in [6.07, 6.45) is 0. The fourth-order valence-corrected chi connectivity index (χ4v) is 4.13. The molecule has 0 fully saturated rings. The number of anilines is 1. The zero-order valence-corrected chi connectivity index (χ0v) is 14.9. The topological polar surface area (TPSA) is 83.6 Å². The molecule has 2 aromatic rings. The standard InChI is InChI=1S/C18H18N2O4S/c1-18(2,3)19-25(23,24)13-8-6-7-12(11-13)20-16(21)14-9-4-5-10-15(14)17(20)22/h4-11,19H,1-3H3. The fourth-order valence-electron chi connectivity index (χ4n) is 2.68. The summed E-state index contributed by atoms with van der Waals surface area (Å²) in [7, 11) is -3.77. The van der Waals surface area contributed by atoms with Crippen molar-refractivity contribution >= 4 is 27.5 Å². The third-order valence-electron chi connectivity index (χ3n) is 3.62. The number of benzene rings is 2. The smallest absolute Gasteiger partial charge is 0.266 e. The molecule has 0 saturated carbocycles. The Morgan fingerprint density at radius 2 is 1.44 bits per heavy atom. The van der Waals surface area contributed by atoms with Crippen molar-refractivity contribution in [3.63, 3.8) is 0 Å². The summed E-state index contributed by atoms with van der Waals surface area (Å²) in [4.78, 5) is 26.1. The lowest BCUT2D eigenvalue weighted by atomic mass is 10.1. The Kier molecular flexibility index (Phi) is 4.01. The maximum atomic E-state index is 12.5. The maximum Gasteiger partial charge on any atom is 0.266 e. The molecule has 0 unspecified atom stereocenters. The summed E-state index contributed by atoms with van der Waals surface area (Å²) >= 11 is 0. The Balaban J connectivity index is 2.02. The first kappa shape index (κ1) is 17.3. The monoisotopic (exact) mass is 358 g/mol. The van der Waals surface area contributed by atoms with E-state index in [1.54, 1.807) is 45.0 Å². The highest BCUT2D eigenvalue weighted by Gasteiger charge is 2.36. The van der Waals surface area contributed by atoms with Gasteiger partial charge in [-0.05, 0) is 51.1 Å². The molecule has 0 aromatic heterocycles. The third-order valence-corrected chi connectivity index (χ3v) is 5.38. The van der Waals surface area contributed by atoms with Crippen molar-refractivity contribution in [3.05, 3.63) is 59.7 Å². The van der Waals surface area contributed by atoms with Crippen LogP contribution < -0.4 is 9.62 Å². The molecule has 6 nitrogen and oxygen atoms in total. The van der Waals surface area contributed by atoms with Gasteiger partial charge in [0.1, 0.15) is 0 Å². The average Bonchev–Trinajstić information content (AvgIpc) is 2.77. The van der Waals surface area contributed by atoms with Crippen molar-refractivity contribution in [2.45, 2.75) is 31.2 Å². The van der Waals surface area contributed by atoms with Crippen LogP contribution >= 0.6 is 0 Å². The summed E-state index contributed by atoms with van der Waals surface area (Å²) in [6, 6.07) is 12.3. The number of nitrogens with zero attached hydrogens (tertiary/aromatic N) is 1. The Morgan fingerprint density at radius 1 is 0.880 bits per heavy atom. The minimum absolute atomic E-state index is 0.00326. The van der Waals surface area contributed by atoms with E-state index in [-0.39, 0.29) is 10.6 Å². The molecular weight excluding hydrogens is 340 g/mol. The maximum absolute atomic E-state index is 12.5. The normalized spacial score (nSPS) is 14.8. The molecule has 1 aliphatic rings. The Labute approximate surface area is 146 Å². The van der Waals surface area contributed by atoms with Gasteiger partial charge in [-0.15, -0.1) is 0 Å². The molecule has 0 atom stereocenters. The highest BCUT2D eigenvalue weighted by atomic mass is 32.2. The number of hydrogen-bond acceptors (Lipinski definition) is 4. The van der Waals surface area contributed by atoms with Crippen LogP contribution in [0.1, 0.15) is 41.5 Å². The van der Waals surface area contributed by atoms with Crippen LogP contribution in [0.5, 0.6) is 0 Å². The van der Waals surface area contributed by atoms with E-state index in [1.165, 1.54) is 24.3 Å². The molecule has 130 valence electrons. The van der Waals surface area contributed by atoms with Crippen LogP contribution in [0.2, 0.25) is 0 Å². The molecule has 0 spiro atoms. The van der Waals surface area contributed by atoms with Gasteiger partial charge in [0.2, 0.25) is 10.0 Å².